The number of aryl methyl sites for hydroxylation is 1. The van der Waals surface area contributed by atoms with E-state index in [0.717, 1.165) is 17.0 Å². The summed E-state index contributed by atoms with van der Waals surface area (Å²) in [7, 11) is -4.12. The van der Waals surface area contributed by atoms with Gasteiger partial charge in [-0.25, -0.2) is 13.1 Å². The highest BCUT2D eigenvalue weighted by molar-refractivity contribution is 7.92. The third kappa shape index (κ3) is 5.94. The van der Waals surface area contributed by atoms with Crippen molar-refractivity contribution in [2.24, 2.45) is 0 Å². The summed E-state index contributed by atoms with van der Waals surface area (Å²) in [4.78, 5) is 0. The van der Waals surface area contributed by atoms with Crippen LogP contribution in [0.4, 0.5) is 18.9 Å². The van der Waals surface area contributed by atoms with E-state index in [9.17, 15) is 21.6 Å². The molecule has 2 aromatic heterocycles. The summed E-state index contributed by atoms with van der Waals surface area (Å²) in [5.74, 6) is 0.0401. The highest BCUT2D eigenvalue weighted by Gasteiger charge is 2.29. The molecule has 0 aliphatic carbocycles. The van der Waals surface area contributed by atoms with Crippen molar-refractivity contribution in [1.29, 1.82) is 0 Å². The Morgan fingerprint density at radius 2 is 1.71 bits per heavy atom. The predicted molar refractivity (Wildman–Crippen MR) is 108 cm³/mol. The molecule has 3 aromatic rings. The minimum Gasteiger partial charge on any atom is -0.438 e. The molecule has 166 valence electrons. The topological polar surface area (TPSA) is 99.0 Å². The highest BCUT2D eigenvalue weighted by atomic mass is 32.2. The van der Waals surface area contributed by atoms with Gasteiger partial charge in [-0.05, 0) is 56.7 Å². The number of anilines is 1. The van der Waals surface area contributed by atoms with E-state index < -0.39 is 28.4 Å². The van der Waals surface area contributed by atoms with Crippen LogP contribution in [-0.4, -0.2) is 40.3 Å². The Bertz CT molecular complexity index is 1160. The van der Waals surface area contributed by atoms with E-state index in [1.807, 2.05) is 20.8 Å². The lowest BCUT2D eigenvalue weighted by Crippen LogP contribution is -2.21. The first kappa shape index (κ1) is 22.5. The summed E-state index contributed by atoms with van der Waals surface area (Å²) < 4.78 is 69.5. The van der Waals surface area contributed by atoms with Gasteiger partial charge >= 0.3 is 6.18 Å². The Kier molecular flexibility index (Phi) is 6.20. The number of hydrogen-bond donors (Lipinski definition) is 1. The smallest absolute Gasteiger partial charge is 0.390 e. The molecular formula is C19H20F3N5O3S. The number of nitrogens with one attached hydrogen (secondary N) is 1. The number of halogens is 3. The molecule has 0 saturated carbocycles. The van der Waals surface area contributed by atoms with Gasteiger partial charge in [0.25, 0.3) is 0 Å². The number of alkyl halides is 3. The van der Waals surface area contributed by atoms with Gasteiger partial charge in [0.05, 0.1) is 17.9 Å². The normalized spacial score (nSPS) is 12.1. The lowest BCUT2D eigenvalue weighted by molar-refractivity contribution is -0.129. The maximum absolute atomic E-state index is 12.2. The van der Waals surface area contributed by atoms with Gasteiger partial charge < -0.3 is 4.74 Å². The Labute approximate surface area is 177 Å². The minimum atomic E-state index is -4.54. The molecule has 0 fully saturated rings. The van der Waals surface area contributed by atoms with Crippen molar-refractivity contribution < 1.29 is 26.3 Å². The third-order valence-corrected chi connectivity index (χ3v) is 5.79. The molecule has 2 heterocycles. The number of benzene rings is 1. The average molecular weight is 455 g/mol. The molecule has 8 nitrogen and oxygen atoms in total. The second-order valence-electron chi connectivity index (χ2n) is 6.85. The quantitative estimate of drug-likeness (QED) is 0.577. The second-order valence-corrected chi connectivity index (χ2v) is 8.69. The first-order chi connectivity index (χ1) is 14.4. The first-order valence-corrected chi connectivity index (χ1v) is 10.8. The predicted octanol–water partition coefficient (Wildman–Crippen LogP) is 4.07. The van der Waals surface area contributed by atoms with Crippen molar-refractivity contribution >= 4 is 15.7 Å². The molecule has 3 rings (SSSR count). The molecule has 0 atom stereocenters. The Balaban J connectivity index is 1.64. The van der Waals surface area contributed by atoms with Gasteiger partial charge in [-0.1, -0.05) is 0 Å². The lowest BCUT2D eigenvalue weighted by atomic mass is 10.2. The zero-order valence-corrected chi connectivity index (χ0v) is 17.8. The van der Waals surface area contributed by atoms with Gasteiger partial charge in [-0.15, -0.1) is 10.2 Å². The number of hydrogen-bond acceptors (Lipinski definition) is 6. The van der Waals surface area contributed by atoms with Gasteiger partial charge in [0.1, 0.15) is 5.75 Å². The minimum absolute atomic E-state index is 0.121. The number of aromatic nitrogens is 4. The van der Waals surface area contributed by atoms with Crippen LogP contribution in [0, 0.1) is 20.8 Å². The summed E-state index contributed by atoms with van der Waals surface area (Å²) in [5, 5.41) is 12.5. The van der Waals surface area contributed by atoms with Crippen molar-refractivity contribution in [3.63, 3.8) is 0 Å². The summed E-state index contributed by atoms with van der Waals surface area (Å²) in [6, 6.07) is 8.98. The molecule has 0 unspecified atom stereocenters. The van der Waals surface area contributed by atoms with E-state index >= 15 is 0 Å². The molecule has 0 saturated heterocycles. The Hall–Kier alpha value is -3.15. The molecule has 0 aliphatic heterocycles. The molecule has 0 amide bonds. The third-order valence-electron chi connectivity index (χ3n) is 4.50. The second kappa shape index (κ2) is 8.53. The Morgan fingerprint density at radius 3 is 2.23 bits per heavy atom. The molecule has 0 aliphatic rings. The molecule has 31 heavy (non-hydrogen) atoms. The van der Waals surface area contributed by atoms with Crippen LogP contribution in [0.1, 0.15) is 23.4 Å². The number of nitrogens with zero attached hydrogens (tertiary/aromatic N) is 4. The van der Waals surface area contributed by atoms with Crippen molar-refractivity contribution in [2.45, 2.75) is 33.4 Å². The fourth-order valence-electron chi connectivity index (χ4n) is 2.62. The highest BCUT2D eigenvalue weighted by Crippen LogP contribution is 2.24. The zero-order chi connectivity index (χ0) is 22.8. The van der Waals surface area contributed by atoms with E-state index in [1.165, 1.54) is 24.3 Å². The molecular weight excluding hydrogens is 435 g/mol. The Morgan fingerprint density at radius 1 is 1.03 bits per heavy atom. The summed E-state index contributed by atoms with van der Waals surface area (Å²) in [6.07, 6.45) is -5.97. The van der Waals surface area contributed by atoms with Crippen LogP contribution in [0.25, 0.3) is 5.82 Å². The molecule has 1 N–H and O–H groups in total. The van der Waals surface area contributed by atoms with Gasteiger partial charge in [0.15, 0.2) is 5.82 Å². The summed E-state index contributed by atoms with van der Waals surface area (Å²) >= 11 is 0. The van der Waals surface area contributed by atoms with Crippen LogP contribution < -0.4 is 9.46 Å². The molecule has 0 spiro atoms. The van der Waals surface area contributed by atoms with Crippen LogP contribution in [0.3, 0.4) is 0 Å². The maximum Gasteiger partial charge on any atom is 0.390 e. The number of sulfonamides is 1. The van der Waals surface area contributed by atoms with Crippen LogP contribution in [-0.2, 0) is 10.0 Å². The summed E-state index contributed by atoms with van der Waals surface area (Å²) in [5.41, 5.74) is 3.04. The first-order valence-electron chi connectivity index (χ1n) is 9.15. The average Bonchev–Trinajstić information content (AvgIpc) is 2.95. The fourth-order valence-corrected chi connectivity index (χ4v) is 3.71. The van der Waals surface area contributed by atoms with Crippen molar-refractivity contribution in [1.82, 2.24) is 20.0 Å². The monoisotopic (exact) mass is 455 g/mol. The van der Waals surface area contributed by atoms with E-state index in [4.69, 9.17) is 4.74 Å². The van der Waals surface area contributed by atoms with Gasteiger partial charge in [0, 0.05) is 17.4 Å². The maximum atomic E-state index is 12.2. The largest absolute Gasteiger partial charge is 0.438 e. The molecule has 0 bridgehead atoms. The van der Waals surface area contributed by atoms with E-state index in [2.05, 4.69) is 20.0 Å². The SMILES string of the molecule is Cc1nn(-c2ccc(Oc3ccc(NS(=O)(=O)CCC(F)(F)F)cc3)nn2)c(C)c1C. The van der Waals surface area contributed by atoms with Gasteiger partial charge in [-0.2, -0.15) is 18.3 Å². The van der Waals surface area contributed by atoms with Crippen LogP contribution in [0.5, 0.6) is 11.6 Å². The summed E-state index contributed by atoms with van der Waals surface area (Å²) in [6.45, 7) is 5.81. The van der Waals surface area contributed by atoms with Crippen LogP contribution in [0.2, 0.25) is 0 Å². The fraction of sp³-hybridized carbons (Fsp3) is 0.316. The standard InChI is InChI=1S/C19H20F3N5O3S/c1-12-13(2)25-27(14(12)3)17-8-9-18(24-23-17)30-16-6-4-15(5-7-16)26-31(28,29)11-10-19(20,21)22/h4-9,26H,10-11H2,1-3H3. The van der Waals surface area contributed by atoms with E-state index in [-0.39, 0.29) is 11.6 Å². The van der Waals surface area contributed by atoms with Gasteiger partial charge in [-0.3, -0.25) is 4.72 Å². The van der Waals surface area contributed by atoms with Crippen molar-refractivity contribution in [3.05, 3.63) is 53.3 Å². The zero-order valence-electron chi connectivity index (χ0n) is 16.9. The number of ether oxygens (including phenoxy) is 1. The van der Waals surface area contributed by atoms with Crippen LogP contribution >= 0.6 is 0 Å². The number of rotatable bonds is 7. The van der Waals surface area contributed by atoms with Gasteiger partial charge in [0.2, 0.25) is 15.9 Å². The molecule has 1 aromatic carbocycles. The van der Waals surface area contributed by atoms with Crippen LogP contribution in [0.15, 0.2) is 36.4 Å². The molecule has 0 radical (unpaired) electrons. The lowest BCUT2D eigenvalue weighted by Gasteiger charge is -2.10. The molecule has 12 heteroatoms. The van der Waals surface area contributed by atoms with E-state index in [0.29, 0.717) is 11.6 Å². The van der Waals surface area contributed by atoms with Crippen molar-refractivity contribution in [2.75, 3.05) is 10.5 Å². The van der Waals surface area contributed by atoms with E-state index in [1.54, 1.807) is 16.8 Å². The van der Waals surface area contributed by atoms with Crippen molar-refractivity contribution in [3.8, 4) is 17.4 Å².